The third-order valence-electron chi connectivity index (χ3n) is 3.75. The molecule has 0 bridgehead atoms. The maximum absolute atomic E-state index is 11.8. The van der Waals surface area contributed by atoms with Crippen molar-refractivity contribution in [2.45, 2.75) is 31.8 Å². The number of hydrogen-bond acceptors (Lipinski definition) is 3. The van der Waals surface area contributed by atoms with Crippen LogP contribution >= 0.6 is 0 Å². The van der Waals surface area contributed by atoms with Crippen molar-refractivity contribution >= 4 is 5.91 Å². The van der Waals surface area contributed by atoms with E-state index in [1.54, 1.807) is 0 Å². The van der Waals surface area contributed by atoms with Gasteiger partial charge in [-0.3, -0.25) is 10.1 Å². The van der Waals surface area contributed by atoms with Gasteiger partial charge < -0.3 is 9.80 Å². The van der Waals surface area contributed by atoms with Crippen LogP contribution < -0.4 is 5.32 Å². The Labute approximate surface area is 98.0 Å². The van der Waals surface area contributed by atoms with Gasteiger partial charge in [-0.15, -0.1) is 0 Å². The fraction of sp³-hybridized carbons (Fsp3) is 0.917. The lowest BCUT2D eigenvalue weighted by Crippen LogP contribution is -2.45. The molecular weight excluding hydrogens is 202 g/mol. The topological polar surface area (TPSA) is 35.6 Å². The average Bonchev–Trinajstić information content (AvgIpc) is 2.83. The minimum atomic E-state index is 0.277. The van der Waals surface area contributed by atoms with Gasteiger partial charge in [-0.2, -0.15) is 0 Å². The van der Waals surface area contributed by atoms with Gasteiger partial charge in [0.05, 0.1) is 12.7 Å². The SMILES string of the molecule is CN(C)CCN1C(=O)CNC1C1CCCC1. The molecule has 4 nitrogen and oxygen atoms in total. The van der Waals surface area contributed by atoms with E-state index in [2.05, 4.69) is 29.2 Å². The van der Waals surface area contributed by atoms with Crippen molar-refractivity contribution in [1.29, 1.82) is 0 Å². The lowest BCUT2D eigenvalue weighted by atomic mass is 10.0. The van der Waals surface area contributed by atoms with Crippen molar-refractivity contribution in [2.75, 3.05) is 33.7 Å². The van der Waals surface area contributed by atoms with Gasteiger partial charge >= 0.3 is 0 Å². The smallest absolute Gasteiger partial charge is 0.237 e. The maximum Gasteiger partial charge on any atom is 0.237 e. The van der Waals surface area contributed by atoms with Crippen molar-refractivity contribution in [2.24, 2.45) is 5.92 Å². The van der Waals surface area contributed by atoms with Crippen molar-refractivity contribution < 1.29 is 4.79 Å². The monoisotopic (exact) mass is 225 g/mol. The molecular formula is C12H23N3O. The van der Waals surface area contributed by atoms with Crippen LogP contribution in [0.4, 0.5) is 0 Å². The molecule has 2 aliphatic rings. The molecule has 0 aromatic rings. The first-order valence-corrected chi connectivity index (χ1v) is 6.36. The Hall–Kier alpha value is -0.610. The molecule has 92 valence electrons. The van der Waals surface area contributed by atoms with Gasteiger partial charge in [0.15, 0.2) is 0 Å². The summed E-state index contributed by atoms with van der Waals surface area (Å²) in [6, 6.07) is 0. The first-order valence-electron chi connectivity index (χ1n) is 6.36. The first kappa shape index (κ1) is 11.9. The van der Waals surface area contributed by atoms with E-state index in [1.807, 2.05) is 0 Å². The molecule has 1 saturated heterocycles. The number of nitrogens with one attached hydrogen (secondary N) is 1. The van der Waals surface area contributed by atoms with Crippen LogP contribution in [0, 0.1) is 5.92 Å². The van der Waals surface area contributed by atoms with Gasteiger partial charge in [0.1, 0.15) is 0 Å². The van der Waals surface area contributed by atoms with E-state index >= 15 is 0 Å². The highest BCUT2D eigenvalue weighted by Gasteiger charge is 2.36. The van der Waals surface area contributed by atoms with Crippen LogP contribution in [0.3, 0.4) is 0 Å². The zero-order valence-corrected chi connectivity index (χ0v) is 10.4. The molecule has 2 fully saturated rings. The van der Waals surface area contributed by atoms with Crippen LogP contribution in [0.2, 0.25) is 0 Å². The number of amides is 1. The molecule has 1 aliphatic carbocycles. The molecule has 4 heteroatoms. The number of carbonyl (C=O) groups excluding carboxylic acids is 1. The molecule has 1 heterocycles. The minimum Gasteiger partial charge on any atom is -0.324 e. The van der Waals surface area contributed by atoms with Crippen LogP contribution in [-0.4, -0.2) is 55.6 Å². The summed E-state index contributed by atoms with van der Waals surface area (Å²) in [4.78, 5) is 16.0. The molecule has 1 unspecified atom stereocenters. The van der Waals surface area contributed by atoms with E-state index in [0.717, 1.165) is 13.1 Å². The predicted molar refractivity (Wildman–Crippen MR) is 64.0 cm³/mol. The zero-order chi connectivity index (χ0) is 11.5. The predicted octanol–water partition coefficient (Wildman–Crippen LogP) is 0.496. The normalized spacial score (nSPS) is 27.3. The molecule has 1 amide bonds. The van der Waals surface area contributed by atoms with Crippen LogP contribution in [0.25, 0.3) is 0 Å². The third-order valence-corrected chi connectivity index (χ3v) is 3.75. The van der Waals surface area contributed by atoms with E-state index < -0.39 is 0 Å². The van der Waals surface area contributed by atoms with Crippen molar-refractivity contribution in [1.82, 2.24) is 15.1 Å². The van der Waals surface area contributed by atoms with E-state index in [4.69, 9.17) is 0 Å². The van der Waals surface area contributed by atoms with Crippen LogP contribution in [0.1, 0.15) is 25.7 Å². The van der Waals surface area contributed by atoms with Gasteiger partial charge in [-0.25, -0.2) is 0 Å². The molecule has 16 heavy (non-hydrogen) atoms. The van der Waals surface area contributed by atoms with Gasteiger partial charge in [0.2, 0.25) is 5.91 Å². The van der Waals surface area contributed by atoms with Crippen LogP contribution in [0.15, 0.2) is 0 Å². The zero-order valence-electron chi connectivity index (χ0n) is 10.4. The Kier molecular flexibility index (Phi) is 3.82. The summed E-state index contributed by atoms with van der Waals surface area (Å²) in [5.41, 5.74) is 0. The summed E-state index contributed by atoms with van der Waals surface area (Å²) >= 11 is 0. The molecule has 1 aliphatic heterocycles. The molecule has 2 rings (SSSR count). The number of nitrogens with zero attached hydrogens (tertiary/aromatic N) is 2. The quantitative estimate of drug-likeness (QED) is 0.756. The summed E-state index contributed by atoms with van der Waals surface area (Å²) in [6.07, 6.45) is 5.54. The van der Waals surface area contributed by atoms with E-state index in [0.29, 0.717) is 18.6 Å². The van der Waals surface area contributed by atoms with Crippen LogP contribution in [0.5, 0.6) is 0 Å². The van der Waals surface area contributed by atoms with Crippen LogP contribution in [-0.2, 0) is 4.79 Å². The Balaban J connectivity index is 1.92. The molecule has 0 aromatic heterocycles. The Morgan fingerprint density at radius 2 is 2.06 bits per heavy atom. The molecule has 1 saturated carbocycles. The second-order valence-corrected chi connectivity index (χ2v) is 5.26. The Morgan fingerprint density at radius 1 is 1.38 bits per heavy atom. The number of rotatable bonds is 4. The maximum atomic E-state index is 11.8. The van der Waals surface area contributed by atoms with Gasteiger partial charge in [-0.1, -0.05) is 12.8 Å². The average molecular weight is 225 g/mol. The largest absolute Gasteiger partial charge is 0.324 e. The highest BCUT2D eigenvalue weighted by Crippen LogP contribution is 2.30. The highest BCUT2D eigenvalue weighted by molar-refractivity contribution is 5.80. The standard InChI is InChI=1S/C12H23N3O/c1-14(2)7-8-15-11(16)9-13-12(15)10-5-3-4-6-10/h10,12-13H,3-9H2,1-2H3. The second kappa shape index (κ2) is 5.15. The summed E-state index contributed by atoms with van der Waals surface area (Å²) in [5, 5.41) is 3.38. The third kappa shape index (κ3) is 2.55. The highest BCUT2D eigenvalue weighted by atomic mass is 16.2. The fourth-order valence-electron chi connectivity index (χ4n) is 2.82. The molecule has 0 spiro atoms. The number of likely N-dealkylation sites (N-methyl/N-ethyl adjacent to an activating group) is 1. The van der Waals surface area contributed by atoms with Gasteiger partial charge in [-0.05, 0) is 32.9 Å². The van der Waals surface area contributed by atoms with E-state index in [9.17, 15) is 4.79 Å². The molecule has 0 aromatic carbocycles. The Morgan fingerprint density at radius 3 is 2.69 bits per heavy atom. The second-order valence-electron chi connectivity index (χ2n) is 5.26. The summed E-state index contributed by atoms with van der Waals surface area (Å²) < 4.78 is 0. The summed E-state index contributed by atoms with van der Waals surface area (Å²) in [5.74, 6) is 0.965. The lowest BCUT2D eigenvalue weighted by molar-refractivity contribution is -0.128. The summed E-state index contributed by atoms with van der Waals surface area (Å²) in [7, 11) is 4.11. The Bertz CT molecular complexity index is 249. The minimum absolute atomic E-state index is 0.277. The number of carbonyl (C=O) groups is 1. The van der Waals surface area contributed by atoms with Crippen molar-refractivity contribution in [3.05, 3.63) is 0 Å². The van der Waals surface area contributed by atoms with Gasteiger partial charge in [0.25, 0.3) is 0 Å². The lowest BCUT2D eigenvalue weighted by Gasteiger charge is -2.30. The summed E-state index contributed by atoms with van der Waals surface area (Å²) in [6.45, 7) is 2.35. The number of hydrogen-bond donors (Lipinski definition) is 1. The molecule has 1 atom stereocenters. The van der Waals surface area contributed by atoms with Crippen molar-refractivity contribution in [3.8, 4) is 0 Å². The fourth-order valence-corrected chi connectivity index (χ4v) is 2.82. The van der Waals surface area contributed by atoms with E-state index in [-0.39, 0.29) is 5.91 Å². The van der Waals surface area contributed by atoms with E-state index in [1.165, 1.54) is 25.7 Å². The molecule has 1 N–H and O–H groups in total. The van der Waals surface area contributed by atoms with Crippen molar-refractivity contribution in [3.63, 3.8) is 0 Å². The first-order chi connectivity index (χ1) is 7.68. The van der Waals surface area contributed by atoms with Gasteiger partial charge in [0, 0.05) is 13.1 Å². The molecule has 0 radical (unpaired) electrons.